The van der Waals surface area contributed by atoms with Crippen LogP contribution in [0.2, 0.25) is 18.1 Å². The largest absolute Gasteiger partial charge is 0.469 e. The number of rotatable bonds is 12. The smallest absolute Gasteiger partial charge is 0.307 e. The summed E-state index contributed by atoms with van der Waals surface area (Å²) >= 11 is 0. The van der Waals surface area contributed by atoms with Crippen molar-refractivity contribution >= 4 is 20.3 Å². The van der Waals surface area contributed by atoms with E-state index in [-0.39, 0.29) is 37.4 Å². The highest BCUT2D eigenvalue weighted by molar-refractivity contribution is 6.74. The summed E-state index contributed by atoms with van der Waals surface area (Å²) in [6.45, 7) is 12.5. The highest BCUT2D eigenvalue weighted by Gasteiger charge is 2.37. The Morgan fingerprint density at radius 2 is 1.23 bits per heavy atom. The fourth-order valence-electron chi connectivity index (χ4n) is 3.90. The minimum absolute atomic E-state index is 0. The lowest BCUT2D eigenvalue weighted by Crippen LogP contribution is -2.40. The zero-order valence-corrected chi connectivity index (χ0v) is 29.6. The van der Waals surface area contributed by atoms with E-state index < -0.39 is 8.32 Å². The number of aromatic nitrogens is 6. The average Bonchev–Trinajstić information content (AvgIpc) is 3.76. The molecule has 0 bridgehead atoms. The summed E-state index contributed by atoms with van der Waals surface area (Å²) in [7, 11) is 1.91. The Labute approximate surface area is 285 Å². The number of carbonyl (C=O) groups excluding carboxylic acids is 2. The first-order chi connectivity index (χ1) is 22.4. The Kier molecular flexibility index (Phi) is 17.6. The molecule has 4 aromatic heterocycles. The molecule has 0 spiro atoms. The van der Waals surface area contributed by atoms with Gasteiger partial charge in [-0.1, -0.05) is 40.3 Å². The van der Waals surface area contributed by atoms with Crippen LogP contribution in [0.25, 0.3) is 22.8 Å². The van der Waals surface area contributed by atoms with Gasteiger partial charge in [-0.15, -0.1) is 0 Å². The van der Waals surface area contributed by atoms with E-state index in [1.54, 1.807) is 46.2 Å². The van der Waals surface area contributed by atoms with Crippen molar-refractivity contribution in [2.45, 2.75) is 85.5 Å². The summed E-state index contributed by atoms with van der Waals surface area (Å²) < 4.78 is 19.0. The van der Waals surface area contributed by atoms with Gasteiger partial charge in [0.15, 0.2) is 8.32 Å². The first kappa shape index (κ1) is 41.8. The van der Waals surface area contributed by atoms with Gasteiger partial charge in [-0.2, -0.15) is 10.2 Å². The van der Waals surface area contributed by atoms with Crippen LogP contribution in [0.15, 0.2) is 61.2 Å². The molecule has 0 aliphatic carbocycles. The second-order valence-corrected chi connectivity index (χ2v) is 16.6. The summed E-state index contributed by atoms with van der Waals surface area (Å²) in [5.74, 6) is -0.519. The van der Waals surface area contributed by atoms with Gasteiger partial charge in [0.1, 0.15) is 11.4 Å². The number of nitrogens with zero attached hydrogens (tertiary/aromatic N) is 6. The van der Waals surface area contributed by atoms with Crippen molar-refractivity contribution in [3.05, 3.63) is 72.3 Å². The second kappa shape index (κ2) is 20.2. The molecular formula is C34H52N6O7Si. The summed E-state index contributed by atoms with van der Waals surface area (Å²) in [6, 6.07) is 11.2. The van der Waals surface area contributed by atoms with Gasteiger partial charge in [-0.05, 0) is 42.4 Å². The number of pyridine rings is 2. The fourth-order valence-corrected chi connectivity index (χ4v) is 4.85. The van der Waals surface area contributed by atoms with Crippen LogP contribution in [-0.4, -0.2) is 81.3 Å². The number of hydrogen-bond acceptors (Lipinski definition) is 11. The first-order valence-electron chi connectivity index (χ1n) is 15.2. The number of hydrogen-bond donors (Lipinski definition) is 2. The highest BCUT2D eigenvalue weighted by Crippen LogP contribution is 2.37. The topological polar surface area (TPSA) is 164 Å². The number of ether oxygens (including phenoxy) is 2. The quantitative estimate of drug-likeness (QED) is 0.148. The number of esters is 2. The third-order valence-corrected chi connectivity index (χ3v) is 12.1. The molecule has 264 valence electrons. The Morgan fingerprint density at radius 1 is 0.792 bits per heavy atom. The van der Waals surface area contributed by atoms with Crippen LogP contribution in [0.4, 0.5) is 0 Å². The van der Waals surface area contributed by atoms with Crippen LogP contribution in [0, 0.1) is 0 Å². The predicted octanol–water partition coefficient (Wildman–Crippen LogP) is 5.28. The molecule has 4 heterocycles. The van der Waals surface area contributed by atoms with E-state index in [1.165, 1.54) is 14.2 Å². The normalized spacial score (nSPS) is 10.9. The van der Waals surface area contributed by atoms with Gasteiger partial charge in [0.2, 0.25) is 0 Å². The third-order valence-electron chi connectivity index (χ3n) is 7.66. The van der Waals surface area contributed by atoms with Crippen molar-refractivity contribution in [3.8, 4) is 22.8 Å². The van der Waals surface area contributed by atoms with Gasteiger partial charge in [-0.3, -0.25) is 28.9 Å². The molecule has 0 aliphatic heterocycles. The third kappa shape index (κ3) is 12.4. The van der Waals surface area contributed by atoms with E-state index in [4.69, 9.17) is 9.53 Å². The van der Waals surface area contributed by atoms with Crippen LogP contribution in [0.5, 0.6) is 0 Å². The van der Waals surface area contributed by atoms with Crippen molar-refractivity contribution in [2.24, 2.45) is 0 Å². The van der Waals surface area contributed by atoms with Crippen molar-refractivity contribution in [1.29, 1.82) is 0 Å². The molecule has 0 unspecified atom stereocenters. The Bertz CT molecular complexity index is 1550. The van der Waals surface area contributed by atoms with Gasteiger partial charge in [-0.25, -0.2) is 0 Å². The van der Waals surface area contributed by atoms with E-state index in [0.29, 0.717) is 37.5 Å². The van der Waals surface area contributed by atoms with Gasteiger partial charge < -0.3 is 24.1 Å². The van der Waals surface area contributed by atoms with E-state index >= 15 is 0 Å². The lowest BCUT2D eigenvalue weighted by molar-refractivity contribution is -0.141. The molecular weight excluding hydrogens is 632 g/mol. The van der Waals surface area contributed by atoms with Crippen LogP contribution in [0.3, 0.4) is 0 Å². The fraction of sp³-hybridized carbons (Fsp3) is 0.471. The maximum absolute atomic E-state index is 11.3. The zero-order chi connectivity index (χ0) is 35.0. The molecule has 48 heavy (non-hydrogen) atoms. The lowest BCUT2D eigenvalue weighted by Gasteiger charge is -2.36. The standard InChI is InChI=1S/C19H29N3O3Si.C13H15N3O3.CH4O.CH4/c1-19(2,3)26(5,6)25-14-15-8-7-11-20-18(15)16-9-12-22(21-16)13-10-17(23)24-4;1-19-12(18)5-8-16-7-4-11(15-16)13-10(9-17)3-2-6-14-13;1-2;/h7-9,11-12H,10,13-14H2,1-6H3;2-4,6-7,17H,5,8-9H2,1H3;2H,1H3;1H4. The van der Waals surface area contributed by atoms with Crippen molar-refractivity contribution in [1.82, 2.24) is 29.5 Å². The number of aliphatic hydroxyl groups is 2. The van der Waals surface area contributed by atoms with E-state index in [0.717, 1.165) is 29.6 Å². The van der Waals surface area contributed by atoms with Gasteiger partial charge >= 0.3 is 11.9 Å². The summed E-state index contributed by atoms with van der Waals surface area (Å²) in [5, 5.41) is 25.3. The minimum Gasteiger partial charge on any atom is -0.469 e. The number of aliphatic hydroxyl groups excluding tert-OH is 2. The maximum atomic E-state index is 11.3. The molecule has 14 heteroatoms. The molecule has 0 atom stereocenters. The average molecular weight is 685 g/mol. The van der Waals surface area contributed by atoms with E-state index in [1.807, 2.05) is 24.4 Å². The Balaban J connectivity index is 0.000000465. The van der Waals surface area contributed by atoms with E-state index in [2.05, 4.69) is 63.5 Å². The van der Waals surface area contributed by atoms with Gasteiger partial charge in [0, 0.05) is 43.0 Å². The molecule has 0 amide bonds. The summed E-state index contributed by atoms with van der Waals surface area (Å²) in [6.07, 6.45) is 7.61. The summed E-state index contributed by atoms with van der Waals surface area (Å²) in [5.41, 5.74) is 4.68. The minimum atomic E-state index is -1.84. The second-order valence-electron chi connectivity index (χ2n) is 11.8. The highest BCUT2D eigenvalue weighted by atomic mass is 28.4. The molecule has 0 saturated carbocycles. The molecule has 0 radical (unpaired) electrons. The van der Waals surface area contributed by atoms with Crippen LogP contribution in [0.1, 0.15) is 52.2 Å². The van der Waals surface area contributed by atoms with E-state index in [9.17, 15) is 14.7 Å². The van der Waals surface area contributed by atoms with Crippen molar-refractivity contribution < 1.29 is 33.7 Å². The van der Waals surface area contributed by atoms with Gasteiger partial charge in [0.25, 0.3) is 0 Å². The van der Waals surface area contributed by atoms with Gasteiger partial charge in [0.05, 0.1) is 64.8 Å². The van der Waals surface area contributed by atoms with Crippen LogP contribution < -0.4 is 0 Å². The monoisotopic (exact) mass is 684 g/mol. The summed E-state index contributed by atoms with van der Waals surface area (Å²) in [4.78, 5) is 31.1. The number of aryl methyl sites for hydroxylation is 2. The molecule has 13 nitrogen and oxygen atoms in total. The van der Waals surface area contributed by atoms with Crippen molar-refractivity contribution in [2.75, 3.05) is 21.3 Å². The zero-order valence-electron chi connectivity index (χ0n) is 28.6. The molecule has 0 aliphatic rings. The van der Waals surface area contributed by atoms with Crippen LogP contribution >= 0.6 is 0 Å². The maximum Gasteiger partial charge on any atom is 0.307 e. The molecule has 0 fully saturated rings. The molecule has 0 saturated heterocycles. The van der Waals surface area contributed by atoms with Crippen LogP contribution in [-0.2, 0) is 49.8 Å². The lowest BCUT2D eigenvalue weighted by atomic mass is 10.1. The Morgan fingerprint density at radius 3 is 1.65 bits per heavy atom. The molecule has 4 aromatic rings. The SMILES string of the molecule is C.CO.COC(=O)CCn1ccc(-c2ncccc2CO)n1.COC(=O)CCn1ccc(-c2ncccc2CO[Si](C)(C)C(C)(C)C)n1. The predicted molar refractivity (Wildman–Crippen MR) is 187 cm³/mol. The molecule has 0 aromatic carbocycles. The molecule has 2 N–H and O–H groups in total. The first-order valence-corrected chi connectivity index (χ1v) is 18.1. The Hall–Kier alpha value is -4.24. The van der Waals surface area contributed by atoms with Crippen molar-refractivity contribution in [3.63, 3.8) is 0 Å². The number of carbonyl (C=O) groups is 2. The number of methoxy groups -OCH3 is 2. The molecule has 4 rings (SSSR count).